The van der Waals surface area contributed by atoms with E-state index in [4.69, 9.17) is 0 Å². The number of pyridine rings is 2. The van der Waals surface area contributed by atoms with E-state index in [1.165, 1.54) is 12.1 Å². The first kappa shape index (κ1) is 19.3. The fourth-order valence-electron chi connectivity index (χ4n) is 3.84. The fraction of sp³-hybridized carbons (Fsp3) is 0.182. The van der Waals surface area contributed by atoms with Crippen LogP contribution in [0.25, 0.3) is 21.8 Å². The first-order valence-electron chi connectivity index (χ1n) is 9.33. The number of para-hydroxylation sites is 2. The summed E-state index contributed by atoms with van der Waals surface area (Å²) in [4.78, 5) is 25.0. The van der Waals surface area contributed by atoms with Crippen molar-refractivity contribution in [2.45, 2.75) is 26.2 Å². The summed E-state index contributed by atoms with van der Waals surface area (Å²) in [6.07, 6.45) is -1.33. The number of rotatable bonds is 4. The number of halogens is 2. The second-order valence-corrected chi connectivity index (χ2v) is 9.74. The Balaban J connectivity index is 1.79. The number of nitrogens with zero attached hydrogens (tertiary/aromatic N) is 2. The number of aromatic nitrogens is 2. The molecule has 2 aromatic carbocycles. The molecule has 0 bridgehead atoms. The molecule has 0 saturated carbocycles. The molecule has 7 heteroatoms. The van der Waals surface area contributed by atoms with Gasteiger partial charge in [0.2, 0.25) is 0 Å². The van der Waals surface area contributed by atoms with Gasteiger partial charge in [-0.05, 0) is 37.1 Å². The zero-order chi connectivity index (χ0) is 20.8. The molecule has 0 fully saturated rings. The molecule has 2 heterocycles. The molecule has 4 rings (SSSR count). The molecule has 0 atom stereocenters. The second-order valence-electron chi connectivity index (χ2n) is 7.39. The van der Waals surface area contributed by atoms with Gasteiger partial charge in [-0.1, -0.05) is 36.4 Å². The van der Waals surface area contributed by atoms with Gasteiger partial charge in [-0.15, -0.1) is 0 Å². The fourth-order valence-corrected chi connectivity index (χ4v) is 5.52. The minimum atomic E-state index is -4.99. The topological polar surface area (TPSA) is 44.0 Å². The van der Waals surface area contributed by atoms with Crippen LogP contribution in [0.5, 0.6) is 0 Å². The van der Waals surface area contributed by atoms with Gasteiger partial charge in [-0.2, -0.15) is 0 Å². The highest BCUT2D eigenvalue weighted by Crippen LogP contribution is 2.22. The van der Waals surface area contributed by atoms with Gasteiger partial charge in [-0.3, -0.25) is 17.8 Å². The summed E-state index contributed by atoms with van der Waals surface area (Å²) in [6, 6.07) is 16.9. The molecule has 0 spiro atoms. The Labute approximate surface area is 167 Å². The van der Waals surface area contributed by atoms with Crippen molar-refractivity contribution in [2.75, 3.05) is 0 Å². The van der Waals surface area contributed by atoms with E-state index >= 15 is 8.22 Å². The van der Waals surface area contributed by atoms with E-state index in [2.05, 4.69) is 0 Å². The highest BCUT2D eigenvalue weighted by molar-refractivity contribution is 6.63. The summed E-state index contributed by atoms with van der Waals surface area (Å²) in [6.45, 7) is 3.59. The van der Waals surface area contributed by atoms with Gasteiger partial charge in [-0.25, -0.2) is 0 Å². The summed E-state index contributed by atoms with van der Waals surface area (Å²) in [7, 11) is -4.99. The molecule has 0 unspecified atom stereocenters. The Morgan fingerprint density at radius 2 is 1.10 bits per heavy atom. The summed E-state index contributed by atoms with van der Waals surface area (Å²) in [5.41, 5.74) is 1.60. The van der Waals surface area contributed by atoms with Crippen LogP contribution in [0.1, 0.15) is 11.1 Å². The van der Waals surface area contributed by atoms with E-state index in [0.29, 0.717) is 11.0 Å². The molecule has 0 aliphatic carbocycles. The number of aryl methyl sites for hydroxylation is 2. The standard InChI is InChI=1S/C22H20F2N2O2Si/c1-15-11-21(27)25(19-9-5-3-7-17(15)19)13-29(23,24)14-26-20-10-6-4-8-18(20)16(2)12-22(26)28/h3-12H,13-14H2,1-2H3. The SMILES string of the molecule is Cc1cc(=O)n(C[Si](F)(F)Cn2c(=O)cc(C)c3ccccc32)c2ccccc12. The van der Waals surface area contributed by atoms with Gasteiger partial charge in [0.1, 0.15) is 0 Å². The van der Waals surface area contributed by atoms with Crippen molar-refractivity contribution < 1.29 is 8.22 Å². The Morgan fingerprint density at radius 3 is 1.52 bits per heavy atom. The summed E-state index contributed by atoms with van der Waals surface area (Å²) < 4.78 is 32.8. The van der Waals surface area contributed by atoms with Gasteiger partial charge < -0.3 is 9.13 Å². The first-order chi connectivity index (χ1) is 13.8. The highest BCUT2D eigenvalue weighted by atomic mass is 28.4. The molecular formula is C22H20F2N2O2Si. The maximum atomic E-state index is 15.2. The van der Waals surface area contributed by atoms with Crippen molar-refractivity contribution in [3.05, 3.63) is 92.5 Å². The number of benzene rings is 2. The van der Waals surface area contributed by atoms with Crippen molar-refractivity contribution in [1.82, 2.24) is 9.13 Å². The molecule has 0 N–H and O–H groups in total. The van der Waals surface area contributed by atoms with Gasteiger partial charge in [0.25, 0.3) is 11.1 Å². The summed E-state index contributed by atoms with van der Waals surface area (Å²) in [5.74, 6) is 0. The smallest absolute Gasteiger partial charge is 0.306 e. The maximum Gasteiger partial charge on any atom is 0.462 e. The Bertz CT molecular complexity index is 1260. The maximum absolute atomic E-state index is 15.2. The van der Waals surface area contributed by atoms with Crippen LogP contribution >= 0.6 is 0 Å². The van der Waals surface area contributed by atoms with Gasteiger partial charge in [0.15, 0.2) is 0 Å². The van der Waals surface area contributed by atoms with E-state index in [9.17, 15) is 9.59 Å². The second kappa shape index (κ2) is 7.08. The molecule has 148 valence electrons. The van der Waals surface area contributed by atoms with E-state index < -0.39 is 32.2 Å². The number of hydrogen-bond acceptors (Lipinski definition) is 2. The molecule has 4 aromatic rings. The lowest BCUT2D eigenvalue weighted by atomic mass is 10.1. The Hall–Kier alpha value is -3.06. The highest BCUT2D eigenvalue weighted by Gasteiger charge is 2.38. The third kappa shape index (κ3) is 3.53. The van der Waals surface area contributed by atoms with Gasteiger partial charge in [0.05, 0.1) is 23.4 Å². The van der Waals surface area contributed by atoms with Crippen LogP contribution in [0.3, 0.4) is 0 Å². The molecule has 0 aliphatic rings. The zero-order valence-corrected chi connectivity index (χ0v) is 17.2. The van der Waals surface area contributed by atoms with Crippen LogP contribution in [0.4, 0.5) is 8.22 Å². The van der Waals surface area contributed by atoms with Crippen molar-refractivity contribution in [3.63, 3.8) is 0 Å². The van der Waals surface area contributed by atoms with Crippen LogP contribution in [-0.4, -0.2) is 17.9 Å². The summed E-state index contributed by atoms with van der Waals surface area (Å²) in [5, 5.41) is 1.55. The van der Waals surface area contributed by atoms with Gasteiger partial charge in [0, 0.05) is 22.9 Å². The minimum absolute atomic E-state index is 0.450. The van der Waals surface area contributed by atoms with Crippen LogP contribution < -0.4 is 11.1 Å². The molecule has 0 saturated heterocycles. The van der Waals surface area contributed by atoms with Crippen molar-refractivity contribution in [2.24, 2.45) is 0 Å². The van der Waals surface area contributed by atoms with Crippen molar-refractivity contribution >= 4 is 30.5 Å². The lowest BCUT2D eigenvalue weighted by Crippen LogP contribution is -2.42. The van der Waals surface area contributed by atoms with Gasteiger partial charge >= 0.3 is 8.74 Å². The number of hydrogen-bond donors (Lipinski definition) is 0. The van der Waals surface area contributed by atoms with Crippen LogP contribution in [0.15, 0.2) is 70.3 Å². The van der Waals surface area contributed by atoms with E-state index in [0.717, 1.165) is 31.0 Å². The predicted molar refractivity (Wildman–Crippen MR) is 114 cm³/mol. The van der Waals surface area contributed by atoms with Crippen LogP contribution in [0, 0.1) is 13.8 Å². The summed E-state index contributed by atoms with van der Waals surface area (Å²) >= 11 is 0. The first-order valence-corrected chi connectivity index (χ1v) is 11.5. The number of fused-ring (bicyclic) bond motifs is 2. The average Bonchev–Trinajstić information content (AvgIpc) is 2.68. The lowest BCUT2D eigenvalue weighted by Gasteiger charge is -2.20. The van der Waals surface area contributed by atoms with Crippen molar-refractivity contribution in [3.8, 4) is 0 Å². The Kier molecular flexibility index (Phi) is 4.70. The molecular weight excluding hydrogens is 390 g/mol. The molecule has 4 nitrogen and oxygen atoms in total. The third-order valence-corrected chi connectivity index (χ3v) is 6.79. The van der Waals surface area contributed by atoms with Crippen LogP contribution in [0.2, 0.25) is 0 Å². The molecule has 0 radical (unpaired) electrons. The minimum Gasteiger partial charge on any atom is -0.306 e. The predicted octanol–water partition coefficient (Wildman–Crippen LogP) is 4.09. The van der Waals surface area contributed by atoms with Crippen molar-refractivity contribution in [1.29, 1.82) is 0 Å². The quantitative estimate of drug-likeness (QED) is 0.376. The zero-order valence-electron chi connectivity index (χ0n) is 16.2. The largest absolute Gasteiger partial charge is 0.462 e. The molecule has 0 aliphatic heterocycles. The van der Waals surface area contributed by atoms with E-state index in [-0.39, 0.29) is 0 Å². The van der Waals surface area contributed by atoms with E-state index in [1.54, 1.807) is 38.1 Å². The van der Waals surface area contributed by atoms with Crippen LogP contribution in [-0.2, 0) is 12.3 Å². The monoisotopic (exact) mass is 410 g/mol. The normalized spacial score (nSPS) is 12.0. The Morgan fingerprint density at radius 1 is 0.724 bits per heavy atom. The lowest BCUT2D eigenvalue weighted by molar-refractivity contribution is 0.525. The van der Waals surface area contributed by atoms with E-state index in [1.807, 2.05) is 24.3 Å². The molecule has 29 heavy (non-hydrogen) atoms. The third-order valence-electron chi connectivity index (χ3n) is 5.23. The molecule has 0 amide bonds. The molecule has 2 aromatic heterocycles. The average molecular weight is 410 g/mol.